The second kappa shape index (κ2) is 6.38. The molecule has 8 nitrogen and oxygen atoms in total. The van der Waals surface area contributed by atoms with Crippen LogP contribution in [0.25, 0.3) is 0 Å². The number of nitro groups is 1. The van der Waals surface area contributed by atoms with E-state index in [4.69, 9.17) is 0 Å². The fourth-order valence-electron chi connectivity index (χ4n) is 3.25. The molecular weight excluding hydrogens is 310 g/mol. The number of hydrogen-bond acceptors (Lipinski definition) is 6. The maximum absolute atomic E-state index is 11.8. The normalized spacial score (nSPS) is 17.8. The summed E-state index contributed by atoms with van der Waals surface area (Å²) in [6, 6.07) is 4.75. The summed E-state index contributed by atoms with van der Waals surface area (Å²) < 4.78 is 1.92. The molecule has 126 valence electrons. The fraction of sp³-hybridized carbons (Fsp3) is 0.438. The van der Waals surface area contributed by atoms with E-state index in [1.54, 1.807) is 18.5 Å². The number of aryl methyl sites for hydroxylation is 1. The molecule has 24 heavy (non-hydrogen) atoms. The molecule has 0 bridgehead atoms. The zero-order chi connectivity index (χ0) is 17.3. The van der Waals surface area contributed by atoms with E-state index in [0.717, 1.165) is 37.4 Å². The first-order valence-corrected chi connectivity index (χ1v) is 7.85. The molecule has 1 fully saturated rings. The standard InChI is InChI=1S/C16H19N5O3/c1-11(22)14-8-13(5-6-15(14)21(23)24)20-7-3-4-12(9-20)16-18-17-10-19(16)2/h5-6,8,10,12H,3-4,7,9H2,1-2H3. The molecule has 0 saturated carbocycles. The lowest BCUT2D eigenvalue weighted by atomic mass is 9.96. The summed E-state index contributed by atoms with van der Waals surface area (Å²) in [5.74, 6) is 0.890. The number of ketones is 1. The number of rotatable bonds is 4. The van der Waals surface area contributed by atoms with Gasteiger partial charge in [-0.2, -0.15) is 0 Å². The van der Waals surface area contributed by atoms with Gasteiger partial charge in [-0.1, -0.05) is 0 Å². The second-order valence-corrected chi connectivity index (χ2v) is 6.10. The Kier molecular flexibility index (Phi) is 4.28. The molecule has 1 aromatic carbocycles. The van der Waals surface area contributed by atoms with Crippen LogP contribution in [0.1, 0.15) is 41.9 Å². The number of anilines is 1. The Morgan fingerprint density at radius 2 is 2.21 bits per heavy atom. The minimum atomic E-state index is -0.515. The van der Waals surface area contributed by atoms with Crippen molar-refractivity contribution in [2.75, 3.05) is 18.0 Å². The van der Waals surface area contributed by atoms with Gasteiger partial charge in [0, 0.05) is 37.8 Å². The Bertz CT molecular complexity index is 786. The highest BCUT2D eigenvalue weighted by Crippen LogP contribution is 2.31. The number of hydrogen-bond donors (Lipinski definition) is 0. The molecule has 0 amide bonds. The van der Waals surface area contributed by atoms with Crippen LogP contribution in [0, 0.1) is 10.1 Å². The van der Waals surface area contributed by atoms with Crippen LogP contribution in [-0.4, -0.2) is 38.6 Å². The molecule has 8 heteroatoms. The fourth-order valence-corrected chi connectivity index (χ4v) is 3.25. The van der Waals surface area contributed by atoms with Gasteiger partial charge in [0.2, 0.25) is 0 Å². The Morgan fingerprint density at radius 3 is 2.83 bits per heavy atom. The second-order valence-electron chi connectivity index (χ2n) is 6.10. The minimum Gasteiger partial charge on any atom is -0.371 e. The van der Waals surface area contributed by atoms with E-state index in [1.165, 1.54) is 13.0 Å². The van der Waals surface area contributed by atoms with Crippen LogP contribution in [0.3, 0.4) is 0 Å². The number of aromatic nitrogens is 3. The quantitative estimate of drug-likeness (QED) is 0.485. The van der Waals surface area contributed by atoms with Gasteiger partial charge in [0.15, 0.2) is 5.78 Å². The summed E-state index contributed by atoms with van der Waals surface area (Å²) in [7, 11) is 1.92. The Balaban J connectivity index is 1.88. The Labute approximate surface area is 139 Å². The van der Waals surface area contributed by atoms with Crippen LogP contribution >= 0.6 is 0 Å². The number of nitro benzene ring substituents is 1. The van der Waals surface area contributed by atoms with E-state index in [-0.39, 0.29) is 23.0 Å². The third-order valence-corrected chi connectivity index (χ3v) is 4.45. The number of carbonyl (C=O) groups is 1. The van der Waals surface area contributed by atoms with Crippen molar-refractivity contribution in [3.8, 4) is 0 Å². The van der Waals surface area contributed by atoms with Crippen LogP contribution in [0.5, 0.6) is 0 Å². The third kappa shape index (κ3) is 2.99. The van der Waals surface area contributed by atoms with Crippen LogP contribution in [0.15, 0.2) is 24.5 Å². The van der Waals surface area contributed by atoms with Gasteiger partial charge < -0.3 is 9.47 Å². The molecule has 2 aromatic rings. The van der Waals surface area contributed by atoms with Crippen molar-refractivity contribution >= 4 is 17.2 Å². The van der Waals surface area contributed by atoms with Crippen LogP contribution < -0.4 is 4.90 Å². The minimum absolute atomic E-state index is 0.145. The van der Waals surface area contributed by atoms with Crippen molar-refractivity contribution in [1.29, 1.82) is 0 Å². The molecular formula is C16H19N5O3. The molecule has 1 aliphatic rings. The van der Waals surface area contributed by atoms with E-state index in [9.17, 15) is 14.9 Å². The molecule has 1 aromatic heterocycles. The Hall–Kier alpha value is -2.77. The number of benzene rings is 1. The molecule has 0 N–H and O–H groups in total. The summed E-state index contributed by atoms with van der Waals surface area (Å²) in [6.45, 7) is 2.95. The highest BCUT2D eigenvalue weighted by Gasteiger charge is 2.26. The number of nitrogens with zero attached hydrogens (tertiary/aromatic N) is 5. The first kappa shape index (κ1) is 16.1. The predicted molar refractivity (Wildman–Crippen MR) is 88.3 cm³/mol. The van der Waals surface area contributed by atoms with Gasteiger partial charge in [-0.15, -0.1) is 10.2 Å². The Morgan fingerprint density at radius 1 is 1.42 bits per heavy atom. The predicted octanol–water partition coefficient (Wildman–Crippen LogP) is 2.31. The molecule has 1 unspecified atom stereocenters. The summed E-state index contributed by atoms with van der Waals surface area (Å²) in [6.07, 6.45) is 3.70. The highest BCUT2D eigenvalue weighted by atomic mass is 16.6. The van der Waals surface area contributed by atoms with Crippen LogP contribution in [0.2, 0.25) is 0 Å². The molecule has 0 radical (unpaired) electrons. The molecule has 1 aliphatic heterocycles. The summed E-state index contributed by atoms with van der Waals surface area (Å²) >= 11 is 0. The van der Waals surface area contributed by atoms with Crippen LogP contribution in [-0.2, 0) is 7.05 Å². The van der Waals surface area contributed by atoms with Gasteiger partial charge in [-0.05, 0) is 31.9 Å². The van der Waals surface area contributed by atoms with Gasteiger partial charge in [-0.3, -0.25) is 14.9 Å². The average Bonchev–Trinajstić information content (AvgIpc) is 3.00. The van der Waals surface area contributed by atoms with Gasteiger partial charge in [0.25, 0.3) is 5.69 Å². The maximum atomic E-state index is 11.8. The van der Waals surface area contributed by atoms with Crippen LogP contribution in [0.4, 0.5) is 11.4 Å². The smallest absolute Gasteiger partial charge is 0.280 e. The van der Waals surface area contributed by atoms with E-state index in [1.807, 2.05) is 11.6 Å². The topological polar surface area (TPSA) is 94.2 Å². The molecule has 0 spiro atoms. The summed E-state index contributed by atoms with van der Waals surface area (Å²) in [4.78, 5) is 24.5. The lowest BCUT2D eigenvalue weighted by Crippen LogP contribution is -2.35. The van der Waals surface area contributed by atoms with Gasteiger partial charge in [0.1, 0.15) is 12.2 Å². The first-order chi connectivity index (χ1) is 11.5. The summed E-state index contributed by atoms with van der Waals surface area (Å²) in [5.41, 5.74) is 0.837. The zero-order valence-corrected chi connectivity index (χ0v) is 13.7. The lowest BCUT2D eigenvalue weighted by molar-refractivity contribution is -0.385. The van der Waals surface area contributed by atoms with Crippen molar-refractivity contribution in [3.05, 3.63) is 46.0 Å². The monoisotopic (exact) mass is 329 g/mol. The zero-order valence-electron chi connectivity index (χ0n) is 13.7. The maximum Gasteiger partial charge on any atom is 0.280 e. The molecule has 2 heterocycles. The van der Waals surface area contributed by atoms with Gasteiger partial charge in [0.05, 0.1) is 10.5 Å². The van der Waals surface area contributed by atoms with E-state index in [0.29, 0.717) is 0 Å². The first-order valence-electron chi connectivity index (χ1n) is 7.85. The SMILES string of the molecule is CC(=O)c1cc(N2CCCC(c3nncn3C)C2)ccc1[N+](=O)[O-]. The van der Waals surface area contributed by atoms with E-state index < -0.39 is 4.92 Å². The van der Waals surface area contributed by atoms with Crippen molar-refractivity contribution in [3.63, 3.8) is 0 Å². The van der Waals surface area contributed by atoms with Crippen molar-refractivity contribution in [1.82, 2.24) is 14.8 Å². The average molecular weight is 329 g/mol. The van der Waals surface area contributed by atoms with Crippen molar-refractivity contribution in [2.24, 2.45) is 7.05 Å². The number of carbonyl (C=O) groups excluding carboxylic acids is 1. The van der Waals surface area contributed by atoms with Gasteiger partial charge in [-0.25, -0.2) is 0 Å². The van der Waals surface area contributed by atoms with Crippen molar-refractivity contribution < 1.29 is 9.72 Å². The summed E-state index contributed by atoms with van der Waals surface area (Å²) in [5, 5.41) is 19.2. The van der Waals surface area contributed by atoms with Crippen molar-refractivity contribution in [2.45, 2.75) is 25.7 Å². The molecule has 1 saturated heterocycles. The third-order valence-electron chi connectivity index (χ3n) is 4.45. The van der Waals surface area contributed by atoms with E-state index >= 15 is 0 Å². The van der Waals surface area contributed by atoms with Gasteiger partial charge >= 0.3 is 0 Å². The molecule has 1 atom stereocenters. The number of Topliss-reactive ketones (excluding diaryl/α,β-unsaturated/α-hetero) is 1. The largest absolute Gasteiger partial charge is 0.371 e. The van der Waals surface area contributed by atoms with E-state index in [2.05, 4.69) is 15.1 Å². The highest BCUT2D eigenvalue weighted by molar-refractivity contribution is 5.99. The molecule has 3 rings (SSSR count). The number of piperidine rings is 1. The lowest BCUT2D eigenvalue weighted by Gasteiger charge is -2.34. The molecule has 0 aliphatic carbocycles.